The molecule has 0 atom stereocenters. The monoisotopic (exact) mass is 518 g/mol. The van der Waals surface area contributed by atoms with Gasteiger partial charge in [0.1, 0.15) is 17.2 Å². The Hall–Kier alpha value is -3.64. The normalized spacial score (nSPS) is 11.5. The van der Waals surface area contributed by atoms with E-state index >= 15 is 0 Å². The number of para-hydroxylation sites is 1. The molecule has 37 heavy (non-hydrogen) atoms. The van der Waals surface area contributed by atoms with E-state index < -0.39 is 17.0 Å². The highest BCUT2D eigenvalue weighted by Crippen LogP contribution is 2.31. The molecule has 0 aliphatic rings. The second-order valence-electron chi connectivity index (χ2n) is 10.1. The van der Waals surface area contributed by atoms with Crippen molar-refractivity contribution in [2.75, 3.05) is 0 Å². The molecule has 0 spiro atoms. The van der Waals surface area contributed by atoms with E-state index in [1.165, 1.54) is 0 Å². The second-order valence-corrected chi connectivity index (χ2v) is 10.4. The number of imidazole rings is 1. The van der Waals surface area contributed by atoms with Gasteiger partial charge in [0.25, 0.3) is 5.24 Å². The summed E-state index contributed by atoms with van der Waals surface area (Å²) in [5.74, 6) is 1.41. The van der Waals surface area contributed by atoms with Crippen molar-refractivity contribution >= 4 is 34.0 Å². The lowest BCUT2D eigenvalue weighted by Gasteiger charge is -2.19. The van der Waals surface area contributed by atoms with Gasteiger partial charge in [-0.05, 0) is 80.6 Å². The fourth-order valence-electron chi connectivity index (χ4n) is 4.27. The summed E-state index contributed by atoms with van der Waals surface area (Å²) in [6.07, 6.45) is 1.04. The number of aryl methyl sites for hydroxylation is 2. The highest BCUT2D eigenvalue weighted by atomic mass is 35.5. The minimum absolute atomic E-state index is 0.434. The van der Waals surface area contributed by atoms with Crippen molar-refractivity contribution in [3.8, 4) is 16.9 Å². The fraction of sp³-hybridized carbons (Fsp3) is 0.300. The molecule has 0 amide bonds. The van der Waals surface area contributed by atoms with Crippen LogP contribution < -0.4 is 4.74 Å². The molecule has 4 rings (SSSR count). The van der Waals surface area contributed by atoms with Crippen molar-refractivity contribution in [2.24, 2.45) is 0 Å². The largest absolute Gasteiger partial charge is 0.514 e. The molecule has 192 valence electrons. The van der Waals surface area contributed by atoms with Gasteiger partial charge in [0.15, 0.2) is 0 Å². The van der Waals surface area contributed by atoms with E-state index in [9.17, 15) is 9.59 Å². The fourth-order valence-corrected chi connectivity index (χ4v) is 4.38. The van der Waals surface area contributed by atoms with Crippen LogP contribution in [0.3, 0.4) is 0 Å². The van der Waals surface area contributed by atoms with Crippen LogP contribution in [-0.2, 0) is 17.7 Å². The first-order valence-electron chi connectivity index (χ1n) is 12.3. The molecule has 0 unspecified atom stereocenters. The summed E-state index contributed by atoms with van der Waals surface area (Å²) in [7, 11) is 0. The number of carbonyl (C=O) groups is 2. The molecule has 7 heteroatoms. The van der Waals surface area contributed by atoms with E-state index in [-0.39, 0.29) is 0 Å². The second kappa shape index (κ2) is 10.8. The van der Waals surface area contributed by atoms with Crippen molar-refractivity contribution in [3.63, 3.8) is 0 Å². The number of nitrogens with zero attached hydrogens (tertiary/aromatic N) is 2. The molecule has 0 bridgehead atoms. The summed E-state index contributed by atoms with van der Waals surface area (Å²) in [5, 5.41) is -0.480. The molecular weight excluding hydrogens is 488 g/mol. The first kappa shape index (κ1) is 26.4. The van der Waals surface area contributed by atoms with Crippen LogP contribution in [0.1, 0.15) is 61.4 Å². The molecule has 0 fully saturated rings. The Balaban J connectivity index is 1.64. The van der Waals surface area contributed by atoms with E-state index in [4.69, 9.17) is 26.1 Å². The van der Waals surface area contributed by atoms with E-state index in [0.717, 1.165) is 52.0 Å². The van der Waals surface area contributed by atoms with Crippen LogP contribution in [0.4, 0.5) is 4.79 Å². The first-order chi connectivity index (χ1) is 17.6. The summed E-state index contributed by atoms with van der Waals surface area (Å²) in [6, 6.07) is 19.1. The molecular formula is C30H31ClN2O4. The number of carbonyl (C=O) groups excluding carboxylic acids is 2. The zero-order chi connectivity index (χ0) is 26.7. The van der Waals surface area contributed by atoms with Crippen molar-refractivity contribution in [1.82, 2.24) is 9.55 Å². The van der Waals surface area contributed by atoms with Crippen molar-refractivity contribution < 1.29 is 19.1 Å². The Morgan fingerprint density at radius 2 is 1.73 bits per heavy atom. The third-order valence-electron chi connectivity index (χ3n) is 5.90. The quantitative estimate of drug-likeness (QED) is 0.142. The highest BCUT2D eigenvalue weighted by molar-refractivity contribution is 6.67. The third-order valence-corrected chi connectivity index (χ3v) is 6.12. The Bertz CT molecular complexity index is 1450. The van der Waals surface area contributed by atoms with E-state index in [1.807, 2.05) is 55.5 Å². The van der Waals surface area contributed by atoms with Gasteiger partial charge in [-0.1, -0.05) is 49.4 Å². The lowest BCUT2D eigenvalue weighted by atomic mass is 10.0. The molecule has 1 aromatic heterocycles. The molecule has 6 nitrogen and oxygen atoms in total. The molecule has 0 saturated carbocycles. The van der Waals surface area contributed by atoms with Crippen molar-refractivity contribution in [1.29, 1.82) is 0 Å². The molecule has 3 aromatic carbocycles. The maximum atomic E-state index is 12.2. The van der Waals surface area contributed by atoms with Crippen LogP contribution in [0.15, 0.2) is 60.7 Å². The minimum Gasteiger partial charge on any atom is -0.428 e. The van der Waals surface area contributed by atoms with Crippen LogP contribution in [0.2, 0.25) is 0 Å². The van der Waals surface area contributed by atoms with Crippen molar-refractivity contribution in [2.45, 2.75) is 59.6 Å². The van der Waals surface area contributed by atoms with Gasteiger partial charge in [-0.3, -0.25) is 4.79 Å². The van der Waals surface area contributed by atoms with Gasteiger partial charge in [0.05, 0.1) is 11.0 Å². The molecule has 0 aliphatic heterocycles. The van der Waals surface area contributed by atoms with E-state index in [1.54, 1.807) is 32.9 Å². The van der Waals surface area contributed by atoms with E-state index in [2.05, 4.69) is 11.5 Å². The smallest absolute Gasteiger partial charge is 0.428 e. The molecule has 0 N–H and O–H groups in total. The minimum atomic E-state index is -0.739. The summed E-state index contributed by atoms with van der Waals surface area (Å²) in [6.45, 7) is 10.1. The SMILES string of the molecule is CCCc1nc2c(C)cc(C(=O)Cl)cc2n1Cc1ccc(-c2ccccc2OC(=O)OC(C)(C)C)cc1. The average Bonchev–Trinajstić information content (AvgIpc) is 3.16. The first-order valence-corrected chi connectivity index (χ1v) is 12.7. The average molecular weight is 519 g/mol. The lowest BCUT2D eigenvalue weighted by molar-refractivity contribution is 0.0207. The van der Waals surface area contributed by atoms with E-state index in [0.29, 0.717) is 17.9 Å². The summed E-state index contributed by atoms with van der Waals surface area (Å²) >= 11 is 5.80. The van der Waals surface area contributed by atoms with Gasteiger partial charge in [-0.2, -0.15) is 0 Å². The Morgan fingerprint density at radius 3 is 2.38 bits per heavy atom. The van der Waals surface area contributed by atoms with Crippen LogP contribution in [0.5, 0.6) is 5.75 Å². The van der Waals surface area contributed by atoms with Gasteiger partial charge in [0.2, 0.25) is 0 Å². The Morgan fingerprint density at radius 1 is 1.03 bits per heavy atom. The number of hydrogen-bond acceptors (Lipinski definition) is 5. The molecule has 0 aliphatic carbocycles. The highest BCUT2D eigenvalue weighted by Gasteiger charge is 2.20. The summed E-state index contributed by atoms with van der Waals surface area (Å²) < 4.78 is 13.0. The third kappa shape index (κ3) is 6.20. The van der Waals surface area contributed by atoms with Crippen LogP contribution in [0.25, 0.3) is 22.2 Å². The van der Waals surface area contributed by atoms with Gasteiger partial charge >= 0.3 is 6.16 Å². The molecule has 0 radical (unpaired) electrons. The van der Waals surface area contributed by atoms with Gasteiger partial charge in [-0.25, -0.2) is 9.78 Å². The number of fused-ring (bicyclic) bond motifs is 1. The van der Waals surface area contributed by atoms with Crippen LogP contribution in [-0.4, -0.2) is 26.5 Å². The Labute approximate surface area is 222 Å². The summed E-state index contributed by atoms with van der Waals surface area (Å²) in [5.41, 5.74) is 5.31. The number of ether oxygens (including phenoxy) is 2. The maximum absolute atomic E-state index is 12.2. The number of rotatable bonds is 7. The number of benzene rings is 3. The van der Waals surface area contributed by atoms with Gasteiger partial charge in [-0.15, -0.1) is 0 Å². The Kier molecular flexibility index (Phi) is 7.69. The van der Waals surface area contributed by atoms with Crippen LogP contribution >= 0.6 is 11.6 Å². The maximum Gasteiger partial charge on any atom is 0.514 e. The zero-order valence-corrected chi connectivity index (χ0v) is 22.6. The standard InChI is InChI=1S/C30H31ClN2O4/c1-6-9-26-32-27-19(2)16-22(28(31)34)17-24(27)33(26)18-20-12-14-21(15-13-20)23-10-7-8-11-25(23)36-29(35)37-30(3,4)5/h7-8,10-17H,6,9,18H2,1-5H3. The van der Waals surface area contributed by atoms with Gasteiger partial charge < -0.3 is 14.0 Å². The topological polar surface area (TPSA) is 70.4 Å². The number of aromatic nitrogens is 2. The molecule has 1 heterocycles. The number of halogens is 1. The predicted molar refractivity (Wildman–Crippen MR) is 146 cm³/mol. The predicted octanol–water partition coefficient (Wildman–Crippen LogP) is 7.71. The van der Waals surface area contributed by atoms with Crippen LogP contribution in [0, 0.1) is 6.92 Å². The molecule has 0 saturated heterocycles. The lowest BCUT2D eigenvalue weighted by Crippen LogP contribution is -2.26. The number of hydrogen-bond donors (Lipinski definition) is 0. The molecule has 4 aromatic rings. The van der Waals surface area contributed by atoms with Gasteiger partial charge in [0, 0.05) is 24.1 Å². The van der Waals surface area contributed by atoms with Crippen molar-refractivity contribution in [3.05, 3.63) is 83.2 Å². The zero-order valence-electron chi connectivity index (χ0n) is 21.8. The summed E-state index contributed by atoms with van der Waals surface area (Å²) in [4.78, 5) is 29.0.